The van der Waals surface area contributed by atoms with Gasteiger partial charge in [0.25, 0.3) is 5.91 Å². The zero-order valence-electron chi connectivity index (χ0n) is 15.9. The fourth-order valence-electron chi connectivity index (χ4n) is 2.58. The number of benzene rings is 1. The number of thiophene rings is 1. The maximum absolute atomic E-state index is 12.2. The molecule has 1 N–H and O–H groups in total. The van der Waals surface area contributed by atoms with Crippen LogP contribution in [0.15, 0.2) is 24.3 Å². The Bertz CT molecular complexity index is 856. The molecule has 0 atom stereocenters. The van der Waals surface area contributed by atoms with Gasteiger partial charge in [0.15, 0.2) is 12.4 Å². The van der Waals surface area contributed by atoms with E-state index in [4.69, 9.17) is 9.47 Å². The monoisotopic (exact) mass is 389 g/mol. The molecule has 1 heterocycles. The van der Waals surface area contributed by atoms with E-state index in [2.05, 4.69) is 5.32 Å². The third-order valence-electron chi connectivity index (χ3n) is 3.89. The molecule has 0 fully saturated rings. The number of anilines is 1. The van der Waals surface area contributed by atoms with Crippen molar-refractivity contribution in [2.24, 2.45) is 0 Å². The Morgan fingerprint density at radius 3 is 2.44 bits per heavy atom. The number of nitrogens with one attached hydrogen (secondary N) is 1. The van der Waals surface area contributed by atoms with Crippen LogP contribution in [0, 0.1) is 20.8 Å². The number of Topliss-reactive ketones (excluding diaryl/α,β-unsaturated/α-hetero) is 1. The molecule has 0 aliphatic rings. The number of hydrogen-bond acceptors (Lipinski definition) is 6. The second-order valence-corrected chi connectivity index (χ2v) is 7.62. The molecule has 0 aliphatic heterocycles. The average molecular weight is 389 g/mol. The second kappa shape index (κ2) is 9.32. The Labute approximate surface area is 162 Å². The molecule has 0 spiro atoms. The van der Waals surface area contributed by atoms with Gasteiger partial charge in [-0.2, -0.15) is 0 Å². The number of aryl methyl sites for hydroxylation is 3. The van der Waals surface area contributed by atoms with Crippen molar-refractivity contribution in [1.29, 1.82) is 0 Å². The summed E-state index contributed by atoms with van der Waals surface area (Å²) >= 11 is 1.55. The first-order valence-electron chi connectivity index (χ1n) is 8.50. The van der Waals surface area contributed by atoms with E-state index in [-0.39, 0.29) is 18.6 Å². The van der Waals surface area contributed by atoms with E-state index >= 15 is 0 Å². The smallest absolute Gasteiger partial charge is 0.306 e. The van der Waals surface area contributed by atoms with E-state index in [1.54, 1.807) is 23.5 Å². The van der Waals surface area contributed by atoms with Gasteiger partial charge in [0, 0.05) is 21.7 Å². The van der Waals surface area contributed by atoms with Crippen LogP contribution in [0.2, 0.25) is 0 Å². The van der Waals surface area contributed by atoms with E-state index < -0.39 is 18.5 Å². The number of ether oxygens (including phenoxy) is 2. The summed E-state index contributed by atoms with van der Waals surface area (Å²) < 4.78 is 10.1. The number of ketones is 1. The Morgan fingerprint density at radius 1 is 1.07 bits per heavy atom. The quantitative estimate of drug-likeness (QED) is 0.548. The first kappa shape index (κ1) is 20.6. The summed E-state index contributed by atoms with van der Waals surface area (Å²) in [6.07, 6.45) is -0.00260. The topological polar surface area (TPSA) is 81.7 Å². The van der Waals surface area contributed by atoms with Gasteiger partial charge in [0.05, 0.1) is 19.2 Å². The van der Waals surface area contributed by atoms with E-state index in [0.29, 0.717) is 17.0 Å². The maximum Gasteiger partial charge on any atom is 0.306 e. The molecule has 2 rings (SSSR count). The Morgan fingerprint density at radius 2 is 1.81 bits per heavy atom. The predicted molar refractivity (Wildman–Crippen MR) is 105 cm³/mol. The lowest BCUT2D eigenvalue weighted by molar-refractivity contribution is -0.147. The van der Waals surface area contributed by atoms with Crippen LogP contribution in [0.3, 0.4) is 0 Å². The summed E-state index contributed by atoms with van der Waals surface area (Å²) in [4.78, 5) is 38.0. The number of hydrogen-bond donors (Lipinski definition) is 1. The van der Waals surface area contributed by atoms with Crippen molar-refractivity contribution in [3.05, 3.63) is 45.1 Å². The molecule has 0 aliphatic carbocycles. The van der Waals surface area contributed by atoms with Gasteiger partial charge in [-0.05, 0) is 44.5 Å². The molecule has 7 heteroatoms. The van der Waals surface area contributed by atoms with Gasteiger partial charge >= 0.3 is 5.97 Å². The first-order valence-corrected chi connectivity index (χ1v) is 9.32. The van der Waals surface area contributed by atoms with E-state index in [1.807, 2.05) is 32.9 Å². The third kappa shape index (κ3) is 5.92. The van der Waals surface area contributed by atoms with Crippen LogP contribution in [0.4, 0.5) is 5.69 Å². The molecule has 6 nitrogen and oxygen atoms in total. The van der Waals surface area contributed by atoms with Gasteiger partial charge in [-0.3, -0.25) is 14.4 Å². The van der Waals surface area contributed by atoms with E-state index in [1.165, 1.54) is 7.11 Å². The molecule has 0 unspecified atom stereocenters. The van der Waals surface area contributed by atoms with E-state index in [9.17, 15) is 14.4 Å². The van der Waals surface area contributed by atoms with Gasteiger partial charge < -0.3 is 14.8 Å². The second-order valence-electron chi connectivity index (χ2n) is 6.16. The molecule has 1 amide bonds. The Balaban J connectivity index is 1.80. The minimum Gasteiger partial charge on any atom is -0.495 e. The fraction of sp³-hybridized carbons (Fsp3) is 0.350. The van der Waals surface area contributed by atoms with Crippen molar-refractivity contribution >= 4 is 34.7 Å². The predicted octanol–water partition coefficient (Wildman–Crippen LogP) is 3.83. The molecule has 1 aromatic heterocycles. The van der Waals surface area contributed by atoms with Crippen LogP contribution < -0.4 is 10.1 Å². The third-order valence-corrected chi connectivity index (χ3v) is 4.86. The molecule has 27 heavy (non-hydrogen) atoms. The summed E-state index contributed by atoms with van der Waals surface area (Å²) in [6, 6.07) is 7.21. The van der Waals surface area contributed by atoms with Crippen molar-refractivity contribution in [1.82, 2.24) is 0 Å². The summed E-state index contributed by atoms with van der Waals surface area (Å²) in [5.74, 6) is -0.628. The fourth-order valence-corrected chi connectivity index (χ4v) is 3.52. The van der Waals surface area contributed by atoms with Crippen molar-refractivity contribution in [3.63, 3.8) is 0 Å². The molecule has 0 bridgehead atoms. The van der Waals surface area contributed by atoms with Crippen LogP contribution in [-0.2, 0) is 14.3 Å². The molecule has 1 aromatic carbocycles. The first-order chi connectivity index (χ1) is 12.8. The van der Waals surface area contributed by atoms with Crippen LogP contribution in [-0.4, -0.2) is 31.4 Å². The highest BCUT2D eigenvalue weighted by atomic mass is 32.1. The molecule has 0 saturated heterocycles. The van der Waals surface area contributed by atoms with Crippen molar-refractivity contribution < 1.29 is 23.9 Å². The van der Waals surface area contributed by atoms with Gasteiger partial charge in [-0.15, -0.1) is 11.3 Å². The molecule has 0 saturated carbocycles. The van der Waals surface area contributed by atoms with Crippen molar-refractivity contribution in [2.75, 3.05) is 19.0 Å². The van der Waals surface area contributed by atoms with Gasteiger partial charge in [0.2, 0.25) is 0 Å². The lowest BCUT2D eigenvalue weighted by Crippen LogP contribution is -2.21. The Kier molecular flexibility index (Phi) is 7.12. The van der Waals surface area contributed by atoms with Crippen LogP contribution in [0.5, 0.6) is 5.75 Å². The highest BCUT2D eigenvalue weighted by Gasteiger charge is 2.15. The molecule has 144 valence electrons. The van der Waals surface area contributed by atoms with E-state index in [0.717, 1.165) is 15.3 Å². The molecular weight excluding hydrogens is 366 g/mol. The normalized spacial score (nSPS) is 10.4. The molecule has 0 radical (unpaired) electrons. The summed E-state index contributed by atoms with van der Waals surface area (Å²) in [5, 5.41) is 2.65. The number of amides is 1. The zero-order chi connectivity index (χ0) is 20.0. The summed E-state index contributed by atoms with van der Waals surface area (Å²) in [7, 11) is 1.51. The van der Waals surface area contributed by atoms with Crippen LogP contribution in [0.1, 0.15) is 38.5 Å². The van der Waals surface area contributed by atoms with Crippen molar-refractivity contribution in [3.8, 4) is 5.75 Å². The number of rotatable bonds is 8. The molecule has 2 aromatic rings. The van der Waals surface area contributed by atoms with Crippen molar-refractivity contribution in [2.45, 2.75) is 33.6 Å². The van der Waals surface area contributed by atoms with Crippen LogP contribution >= 0.6 is 11.3 Å². The number of esters is 1. The average Bonchev–Trinajstić information content (AvgIpc) is 2.96. The molecular formula is C20H23NO5S. The highest BCUT2D eigenvalue weighted by Crippen LogP contribution is 2.25. The summed E-state index contributed by atoms with van der Waals surface area (Å²) in [6.45, 7) is 5.29. The number of carbonyl (C=O) groups is 3. The maximum atomic E-state index is 12.2. The highest BCUT2D eigenvalue weighted by molar-refractivity contribution is 7.12. The van der Waals surface area contributed by atoms with Gasteiger partial charge in [-0.1, -0.05) is 6.07 Å². The largest absolute Gasteiger partial charge is 0.495 e. The minimum atomic E-state index is -0.584. The lowest BCUT2D eigenvalue weighted by atomic mass is 10.1. The minimum absolute atomic E-state index is 0.0587. The van der Waals surface area contributed by atoms with Gasteiger partial charge in [-0.25, -0.2) is 0 Å². The standard InChI is InChI=1S/C20H23NO5S/c1-12-5-7-18(25-4)16(9-12)21-19(23)11-26-20(24)8-6-17(22)15-10-13(2)27-14(15)3/h5,7,9-10H,6,8,11H2,1-4H3,(H,21,23). The zero-order valence-corrected chi connectivity index (χ0v) is 16.7. The Hall–Kier alpha value is -2.67. The lowest BCUT2D eigenvalue weighted by Gasteiger charge is -2.11. The number of methoxy groups -OCH3 is 1. The SMILES string of the molecule is COc1ccc(C)cc1NC(=O)COC(=O)CCC(=O)c1cc(C)sc1C. The summed E-state index contributed by atoms with van der Waals surface area (Å²) in [5.41, 5.74) is 2.12. The van der Waals surface area contributed by atoms with Crippen LogP contribution in [0.25, 0.3) is 0 Å². The van der Waals surface area contributed by atoms with Gasteiger partial charge in [0.1, 0.15) is 5.75 Å². The number of carbonyl (C=O) groups excluding carboxylic acids is 3.